The number of aryl methyl sites for hydroxylation is 2. The van der Waals surface area contributed by atoms with Crippen molar-refractivity contribution < 1.29 is 14.6 Å². The highest BCUT2D eigenvalue weighted by molar-refractivity contribution is 5.74. The summed E-state index contributed by atoms with van der Waals surface area (Å²) < 4.78 is 4.83. The Balaban J connectivity index is 1.63. The van der Waals surface area contributed by atoms with Gasteiger partial charge in [0.25, 0.3) is 0 Å². The van der Waals surface area contributed by atoms with Crippen LogP contribution >= 0.6 is 0 Å². The summed E-state index contributed by atoms with van der Waals surface area (Å²) in [6.45, 7) is 8.88. The van der Waals surface area contributed by atoms with Gasteiger partial charge in [-0.15, -0.1) is 0 Å². The van der Waals surface area contributed by atoms with Crippen molar-refractivity contribution in [3.05, 3.63) is 94.3 Å². The molecule has 1 aliphatic carbocycles. The number of ether oxygens (including phenoxy) is 1. The Hall–Kier alpha value is -3.24. The van der Waals surface area contributed by atoms with Crippen LogP contribution in [0.25, 0.3) is 17.2 Å². The molecule has 0 spiro atoms. The average Bonchev–Trinajstić information content (AvgIpc) is 3.18. The molecule has 1 aliphatic rings. The largest absolute Gasteiger partial charge is 0.469 e. The zero-order valence-corrected chi connectivity index (χ0v) is 24.9. The van der Waals surface area contributed by atoms with Crippen molar-refractivity contribution in [3.8, 4) is 11.1 Å². The number of carbonyl (C=O) groups excluding carboxylic acids is 1. The molecule has 212 valence electrons. The lowest BCUT2D eigenvalue weighted by Gasteiger charge is -2.34. The van der Waals surface area contributed by atoms with Gasteiger partial charge in [0.1, 0.15) is 0 Å². The second-order valence-electron chi connectivity index (χ2n) is 11.6. The lowest BCUT2D eigenvalue weighted by atomic mass is 9.69. The monoisotopic (exact) mass is 539 g/mol. The Labute approximate surface area is 240 Å². The molecule has 1 saturated carbocycles. The summed E-state index contributed by atoms with van der Waals surface area (Å²) in [5, 5.41) is 11.1. The van der Waals surface area contributed by atoms with Crippen molar-refractivity contribution in [1.82, 2.24) is 4.98 Å². The topological polar surface area (TPSA) is 59.4 Å². The molecule has 1 fully saturated rings. The molecule has 0 amide bonds. The van der Waals surface area contributed by atoms with Gasteiger partial charge in [-0.25, -0.2) is 0 Å². The molecule has 0 saturated heterocycles. The predicted octanol–water partition coefficient (Wildman–Crippen LogP) is 8.29. The van der Waals surface area contributed by atoms with Gasteiger partial charge in [0.2, 0.25) is 0 Å². The Morgan fingerprint density at radius 1 is 0.950 bits per heavy atom. The van der Waals surface area contributed by atoms with Gasteiger partial charge < -0.3 is 9.84 Å². The van der Waals surface area contributed by atoms with Gasteiger partial charge in [-0.05, 0) is 84.5 Å². The summed E-state index contributed by atoms with van der Waals surface area (Å²) in [7, 11) is 1.41. The van der Waals surface area contributed by atoms with Crippen LogP contribution in [-0.4, -0.2) is 28.8 Å². The third-order valence-corrected chi connectivity index (χ3v) is 9.03. The van der Waals surface area contributed by atoms with Crippen molar-refractivity contribution in [2.75, 3.05) is 7.11 Å². The van der Waals surface area contributed by atoms with E-state index in [0.29, 0.717) is 0 Å². The van der Waals surface area contributed by atoms with E-state index in [1.165, 1.54) is 47.8 Å². The van der Waals surface area contributed by atoms with Gasteiger partial charge in [-0.3, -0.25) is 9.78 Å². The Kier molecular flexibility index (Phi) is 9.63. The van der Waals surface area contributed by atoms with Crippen molar-refractivity contribution >= 4 is 12.0 Å². The minimum absolute atomic E-state index is 0.0965. The second-order valence-corrected chi connectivity index (χ2v) is 11.6. The molecule has 2 aromatic carbocycles. The van der Waals surface area contributed by atoms with Gasteiger partial charge in [-0.1, -0.05) is 88.1 Å². The number of aromatic nitrogens is 1. The molecule has 4 heteroatoms. The molecular weight excluding hydrogens is 494 g/mol. The van der Waals surface area contributed by atoms with Crippen LogP contribution in [0.1, 0.15) is 98.6 Å². The first-order valence-electron chi connectivity index (χ1n) is 14.9. The summed E-state index contributed by atoms with van der Waals surface area (Å²) in [6, 6.07) is 15.6. The number of pyridine rings is 1. The van der Waals surface area contributed by atoms with E-state index in [-0.39, 0.29) is 17.8 Å². The molecule has 1 aromatic heterocycles. The lowest BCUT2D eigenvalue weighted by molar-refractivity contribution is -0.139. The highest BCUT2D eigenvalue weighted by Gasteiger charge is 2.31. The van der Waals surface area contributed by atoms with E-state index in [9.17, 15) is 9.90 Å². The van der Waals surface area contributed by atoms with Crippen molar-refractivity contribution in [2.24, 2.45) is 0 Å². The number of aliphatic hydroxyl groups is 1. The molecule has 40 heavy (non-hydrogen) atoms. The highest BCUT2D eigenvalue weighted by atomic mass is 16.5. The Morgan fingerprint density at radius 3 is 2.20 bits per heavy atom. The predicted molar refractivity (Wildman–Crippen MR) is 164 cm³/mol. The number of nitrogens with zero attached hydrogens (tertiary/aromatic N) is 1. The molecule has 0 unspecified atom stereocenters. The molecule has 0 bridgehead atoms. The average molecular weight is 540 g/mol. The smallest absolute Gasteiger partial charge is 0.310 e. The van der Waals surface area contributed by atoms with Gasteiger partial charge in [0.15, 0.2) is 0 Å². The van der Waals surface area contributed by atoms with Crippen molar-refractivity contribution in [3.63, 3.8) is 0 Å². The third kappa shape index (κ3) is 6.55. The summed E-state index contributed by atoms with van der Waals surface area (Å²) in [5.74, 6) is -0.265. The second kappa shape index (κ2) is 13.0. The SMILES string of the molecule is CCC(CC)(c1ccc(C=CC2(O)CCCCCC2)c(C)c1)c1ccc(-c2cncc(CC(=O)OC)c2)c(C)c1. The first-order chi connectivity index (χ1) is 19.2. The van der Waals surface area contributed by atoms with Crippen LogP contribution in [0.3, 0.4) is 0 Å². The van der Waals surface area contributed by atoms with Crippen LogP contribution in [0.4, 0.5) is 0 Å². The van der Waals surface area contributed by atoms with E-state index in [0.717, 1.165) is 55.2 Å². The highest BCUT2D eigenvalue weighted by Crippen LogP contribution is 2.41. The maximum Gasteiger partial charge on any atom is 0.310 e. The summed E-state index contributed by atoms with van der Waals surface area (Å²) >= 11 is 0. The number of hydrogen-bond acceptors (Lipinski definition) is 4. The van der Waals surface area contributed by atoms with E-state index >= 15 is 0 Å². The summed E-state index contributed by atoms with van der Waals surface area (Å²) in [5.41, 5.74) is 8.44. The summed E-state index contributed by atoms with van der Waals surface area (Å²) in [4.78, 5) is 16.2. The van der Waals surface area contributed by atoms with Crippen LogP contribution in [0, 0.1) is 13.8 Å². The maximum atomic E-state index is 11.8. The van der Waals surface area contributed by atoms with Crippen molar-refractivity contribution in [2.45, 2.75) is 96.5 Å². The molecule has 1 N–H and O–H groups in total. The van der Waals surface area contributed by atoms with Gasteiger partial charge in [0.05, 0.1) is 19.1 Å². The maximum absolute atomic E-state index is 11.8. The quantitative estimate of drug-likeness (QED) is 0.220. The molecule has 4 nitrogen and oxygen atoms in total. The van der Waals surface area contributed by atoms with Gasteiger partial charge in [-0.2, -0.15) is 0 Å². The number of methoxy groups -OCH3 is 1. The van der Waals surface area contributed by atoms with Crippen LogP contribution < -0.4 is 0 Å². The fraction of sp³-hybridized carbons (Fsp3) is 0.444. The molecule has 1 heterocycles. The van der Waals surface area contributed by atoms with Crippen LogP contribution in [0.15, 0.2) is 60.9 Å². The zero-order valence-electron chi connectivity index (χ0n) is 24.9. The van der Waals surface area contributed by atoms with Gasteiger partial charge in [0, 0.05) is 23.4 Å². The molecule has 4 rings (SSSR count). The number of benzene rings is 2. The number of esters is 1. The summed E-state index contributed by atoms with van der Waals surface area (Å²) in [6.07, 6.45) is 16.3. The van der Waals surface area contributed by atoms with Crippen molar-refractivity contribution in [1.29, 1.82) is 0 Å². The van der Waals surface area contributed by atoms with E-state index in [1.807, 2.05) is 18.3 Å². The number of rotatable bonds is 9. The molecule has 3 aromatic rings. The normalized spacial score (nSPS) is 15.7. The van der Waals surface area contributed by atoms with E-state index in [1.54, 1.807) is 6.20 Å². The first kappa shape index (κ1) is 29.7. The Bertz CT molecular complexity index is 1340. The fourth-order valence-corrected chi connectivity index (χ4v) is 6.40. The van der Waals surface area contributed by atoms with Crippen LogP contribution in [-0.2, 0) is 21.4 Å². The Morgan fingerprint density at radius 2 is 1.60 bits per heavy atom. The van der Waals surface area contributed by atoms with Gasteiger partial charge >= 0.3 is 5.97 Å². The van der Waals surface area contributed by atoms with Crippen LogP contribution in [0.2, 0.25) is 0 Å². The molecule has 0 atom stereocenters. The first-order valence-corrected chi connectivity index (χ1v) is 14.9. The molecular formula is C36H45NO3. The van der Waals surface area contributed by atoms with E-state index < -0.39 is 5.60 Å². The molecule has 0 radical (unpaired) electrons. The fourth-order valence-electron chi connectivity index (χ4n) is 6.40. The zero-order chi connectivity index (χ0) is 28.8. The lowest BCUT2D eigenvalue weighted by Crippen LogP contribution is -2.26. The molecule has 0 aliphatic heterocycles. The third-order valence-electron chi connectivity index (χ3n) is 9.03. The van der Waals surface area contributed by atoms with E-state index in [4.69, 9.17) is 4.74 Å². The minimum atomic E-state index is -0.675. The van der Waals surface area contributed by atoms with Crippen LogP contribution in [0.5, 0.6) is 0 Å². The number of carbonyl (C=O) groups is 1. The van der Waals surface area contributed by atoms with E-state index in [2.05, 4.69) is 75.2 Å². The number of hydrogen-bond donors (Lipinski definition) is 1. The minimum Gasteiger partial charge on any atom is -0.469 e. The standard InChI is InChI=1S/C36H45NO3/c1-6-36(7-2,31-13-12-29(26(3)20-31)16-19-35(39)17-10-8-9-11-18-35)32-14-15-33(27(4)21-32)30-22-28(24-37-25-30)23-34(38)40-5/h12-16,19-22,24-25,39H,6-11,17-18,23H2,1-5H3.